The molecule has 0 radical (unpaired) electrons. The van der Waals surface area contributed by atoms with E-state index in [-0.39, 0.29) is 0 Å². The second-order valence-electron chi connectivity index (χ2n) is 6.28. The first-order valence-corrected chi connectivity index (χ1v) is 8.42. The van der Waals surface area contributed by atoms with Crippen LogP contribution in [-0.4, -0.2) is 22.0 Å². The second-order valence-corrected chi connectivity index (χ2v) is 6.28. The highest BCUT2D eigenvalue weighted by molar-refractivity contribution is 5.65. The van der Waals surface area contributed by atoms with Crippen LogP contribution in [0, 0.1) is 6.92 Å². The van der Waals surface area contributed by atoms with Crippen LogP contribution in [0.5, 0.6) is 0 Å². The highest BCUT2D eigenvalue weighted by Crippen LogP contribution is 2.26. The summed E-state index contributed by atoms with van der Waals surface area (Å²) in [5.41, 5.74) is 5.23. The minimum absolute atomic E-state index is 0.514. The largest absolute Gasteiger partial charge is 0.357 e. The molecule has 1 aromatic carbocycles. The minimum Gasteiger partial charge on any atom is -0.357 e. The lowest BCUT2D eigenvalue weighted by atomic mass is 9.98. The summed E-state index contributed by atoms with van der Waals surface area (Å²) in [4.78, 5) is 13.4. The monoisotopic (exact) mass is 333 g/mol. The number of pyridine rings is 1. The molecule has 3 rings (SSSR count). The van der Waals surface area contributed by atoms with E-state index in [1.54, 1.807) is 6.20 Å². The zero-order valence-electron chi connectivity index (χ0n) is 15.0. The van der Waals surface area contributed by atoms with Crippen LogP contribution in [0.3, 0.4) is 0 Å². The first-order chi connectivity index (χ1) is 12.1. The van der Waals surface area contributed by atoms with Gasteiger partial charge in [-0.05, 0) is 48.2 Å². The molecule has 0 aliphatic heterocycles. The molecule has 2 heterocycles. The maximum absolute atomic E-state index is 4.50. The van der Waals surface area contributed by atoms with E-state index in [0.29, 0.717) is 11.9 Å². The Kier molecular flexibility index (Phi) is 4.93. The second kappa shape index (κ2) is 7.30. The summed E-state index contributed by atoms with van der Waals surface area (Å²) in [5, 5.41) is 6.39. The van der Waals surface area contributed by atoms with Crippen molar-refractivity contribution in [3.05, 3.63) is 59.8 Å². The molecule has 0 saturated carbocycles. The van der Waals surface area contributed by atoms with Crippen LogP contribution in [-0.2, 0) is 0 Å². The third kappa shape index (κ3) is 3.94. The predicted octanol–water partition coefficient (Wildman–Crippen LogP) is 4.76. The lowest BCUT2D eigenvalue weighted by Crippen LogP contribution is -2.03. The van der Waals surface area contributed by atoms with E-state index in [1.165, 1.54) is 11.1 Å². The molecule has 2 N–H and O–H groups in total. The summed E-state index contributed by atoms with van der Waals surface area (Å²) < 4.78 is 0. The number of hydrogen-bond donors (Lipinski definition) is 2. The van der Waals surface area contributed by atoms with Gasteiger partial charge in [-0.2, -0.15) is 4.98 Å². The minimum atomic E-state index is 0.514. The highest BCUT2D eigenvalue weighted by atomic mass is 15.1. The Labute approximate surface area is 148 Å². The molecule has 0 bridgehead atoms. The molecule has 2 aromatic heterocycles. The van der Waals surface area contributed by atoms with E-state index >= 15 is 0 Å². The van der Waals surface area contributed by atoms with Crippen LogP contribution in [0.4, 0.5) is 17.5 Å². The van der Waals surface area contributed by atoms with Gasteiger partial charge in [0, 0.05) is 25.0 Å². The third-order valence-electron chi connectivity index (χ3n) is 4.04. The number of rotatable bonds is 5. The molecule has 0 fully saturated rings. The van der Waals surface area contributed by atoms with Crippen molar-refractivity contribution in [3.63, 3.8) is 0 Å². The molecule has 0 amide bonds. The third-order valence-corrected chi connectivity index (χ3v) is 4.04. The van der Waals surface area contributed by atoms with Crippen molar-refractivity contribution < 1.29 is 0 Å². The van der Waals surface area contributed by atoms with Crippen molar-refractivity contribution in [2.45, 2.75) is 26.7 Å². The van der Waals surface area contributed by atoms with Crippen molar-refractivity contribution in [2.24, 2.45) is 0 Å². The molecular weight excluding hydrogens is 310 g/mol. The predicted molar refractivity (Wildman–Crippen MR) is 103 cm³/mol. The van der Waals surface area contributed by atoms with E-state index in [4.69, 9.17) is 0 Å². The molecule has 0 saturated heterocycles. The number of nitrogens with zero attached hydrogens (tertiary/aromatic N) is 3. The van der Waals surface area contributed by atoms with Gasteiger partial charge in [0.2, 0.25) is 5.95 Å². The van der Waals surface area contributed by atoms with Gasteiger partial charge >= 0.3 is 0 Å². The average molecular weight is 333 g/mol. The van der Waals surface area contributed by atoms with Crippen LogP contribution in [0.2, 0.25) is 0 Å². The van der Waals surface area contributed by atoms with Crippen molar-refractivity contribution >= 4 is 17.5 Å². The van der Waals surface area contributed by atoms with Gasteiger partial charge in [0.25, 0.3) is 0 Å². The molecule has 5 nitrogen and oxygen atoms in total. The number of hydrogen-bond acceptors (Lipinski definition) is 5. The summed E-state index contributed by atoms with van der Waals surface area (Å²) in [6.07, 6.45) is 1.76. The lowest BCUT2D eigenvalue weighted by molar-refractivity contribution is 0.857. The summed E-state index contributed by atoms with van der Waals surface area (Å²) >= 11 is 0. The Hall–Kier alpha value is -2.95. The van der Waals surface area contributed by atoms with E-state index in [0.717, 1.165) is 22.9 Å². The van der Waals surface area contributed by atoms with Crippen molar-refractivity contribution in [3.8, 4) is 11.4 Å². The van der Waals surface area contributed by atoms with Crippen LogP contribution >= 0.6 is 0 Å². The molecule has 0 aliphatic carbocycles. The Morgan fingerprint density at radius 2 is 1.80 bits per heavy atom. The van der Waals surface area contributed by atoms with Crippen LogP contribution in [0.1, 0.15) is 30.9 Å². The topological polar surface area (TPSA) is 62.7 Å². The van der Waals surface area contributed by atoms with Gasteiger partial charge < -0.3 is 10.6 Å². The van der Waals surface area contributed by atoms with E-state index < -0.39 is 0 Å². The Balaban J connectivity index is 1.93. The number of anilines is 3. The number of aromatic nitrogens is 3. The maximum atomic E-state index is 4.50. The van der Waals surface area contributed by atoms with Crippen LogP contribution in [0.15, 0.2) is 48.7 Å². The molecule has 3 aromatic rings. The van der Waals surface area contributed by atoms with E-state index in [1.807, 2.05) is 31.3 Å². The Morgan fingerprint density at radius 3 is 2.44 bits per heavy atom. The normalized spacial score (nSPS) is 10.8. The number of aryl methyl sites for hydroxylation is 1. The Bertz CT molecular complexity index is 859. The molecule has 128 valence electrons. The summed E-state index contributed by atoms with van der Waals surface area (Å²) in [6, 6.07) is 14.1. The van der Waals surface area contributed by atoms with Crippen molar-refractivity contribution in [1.29, 1.82) is 0 Å². The van der Waals surface area contributed by atoms with Crippen molar-refractivity contribution in [2.75, 3.05) is 17.7 Å². The highest BCUT2D eigenvalue weighted by Gasteiger charge is 2.09. The average Bonchev–Trinajstić information content (AvgIpc) is 2.62. The van der Waals surface area contributed by atoms with Crippen LogP contribution in [0.25, 0.3) is 11.4 Å². The van der Waals surface area contributed by atoms with Gasteiger partial charge in [0.15, 0.2) is 0 Å². The molecule has 0 spiro atoms. The van der Waals surface area contributed by atoms with Gasteiger partial charge in [0.05, 0.1) is 11.4 Å². The lowest BCUT2D eigenvalue weighted by Gasteiger charge is -2.13. The smallest absolute Gasteiger partial charge is 0.225 e. The molecule has 0 unspecified atom stereocenters. The fourth-order valence-electron chi connectivity index (χ4n) is 2.82. The zero-order chi connectivity index (χ0) is 17.8. The number of benzene rings is 1. The molecule has 0 aliphatic rings. The fraction of sp³-hybridized carbons (Fsp3) is 0.250. The quantitative estimate of drug-likeness (QED) is 0.705. The molecule has 5 heteroatoms. The van der Waals surface area contributed by atoms with E-state index in [9.17, 15) is 0 Å². The summed E-state index contributed by atoms with van der Waals surface area (Å²) in [7, 11) is 1.81. The van der Waals surface area contributed by atoms with Gasteiger partial charge in [-0.1, -0.05) is 26.0 Å². The van der Waals surface area contributed by atoms with Crippen LogP contribution < -0.4 is 10.6 Å². The zero-order valence-corrected chi connectivity index (χ0v) is 15.0. The fourth-order valence-corrected chi connectivity index (χ4v) is 2.82. The maximum Gasteiger partial charge on any atom is 0.225 e. The first-order valence-electron chi connectivity index (χ1n) is 8.42. The molecule has 0 atom stereocenters. The van der Waals surface area contributed by atoms with Gasteiger partial charge in [0.1, 0.15) is 5.82 Å². The SMILES string of the molecule is CNc1nc(Nc2ccc(C(C)C)c(C)c2)cc(-c2ccccn2)n1. The van der Waals surface area contributed by atoms with E-state index in [2.05, 4.69) is 64.6 Å². The molecule has 25 heavy (non-hydrogen) atoms. The van der Waals surface area contributed by atoms with Crippen molar-refractivity contribution in [1.82, 2.24) is 15.0 Å². The number of nitrogens with one attached hydrogen (secondary N) is 2. The van der Waals surface area contributed by atoms with Gasteiger partial charge in [-0.25, -0.2) is 4.98 Å². The summed E-state index contributed by atoms with van der Waals surface area (Å²) in [5.74, 6) is 1.80. The van der Waals surface area contributed by atoms with Gasteiger partial charge in [-0.3, -0.25) is 4.98 Å². The standard InChI is InChI=1S/C20H23N5/c1-13(2)16-9-8-15(11-14(16)3)23-19-12-18(24-20(21-4)25-19)17-7-5-6-10-22-17/h5-13H,1-4H3,(H2,21,23,24,25). The molecular formula is C20H23N5. The summed E-state index contributed by atoms with van der Waals surface area (Å²) in [6.45, 7) is 6.55. The Morgan fingerprint density at radius 1 is 0.960 bits per heavy atom. The van der Waals surface area contributed by atoms with Gasteiger partial charge in [-0.15, -0.1) is 0 Å². The first kappa shape index (κ1) is 16.9.